The van der Waals surface area contributed by atoms with E-state index in [4.69, 9.17) is 25.2 Å². The molecule has 1 amide bonds. The van der Waals surface area contributed by atoms with Crippen LogP contribution in [0, 0.1) is 0 Å². The van der Waals surface area contributed by atoms with Crippen molar-refractivity contribution >= 4 is 52.4 Å². The van der Waals surface area contributed by atoms with Gasteiger partial charge in [0, 0.05) is 24.1 Å². The Labute approximate surface area is 311 Å². The van der Waals surface area contributed by atoms with E-state index >= 15 is 0 Å². The Morgan fingerprint density at radius 3 is 2.61 bits per heavy atom. The highest BCUT2D eigenvalue weighted by Crippen LogP contribution is 2.47. The van der Waals surface area contributed by atoms with Gasteiger partial charge in [0.05, 0.1) is 58.2 Å². The van der Waals surface area contributed by atoms with Crippen LogP contribution in [0.4, 0.5) is 11.4 Å². The number of pyridine rings is 2. The number of amides is 1. The minimum absolute atomic E-state index is 0.0603. The Balaban J connectivity index is 1.17. The highest BCUT2D eigenvalue weighted by Gasteiger charge is 2.50. The summed E-state index contributed by atoms with van der Waals surface area (Å²) < 4.78 is 13.0. The van der Waals surface area contributed by atoms with Crippen molar-refractivity contribution in [3.63, 3.8) is 0 Å². The minimum Gasteiger partial charge on any atom is -0.480 e. The number of aliphatic carboxylic acids is 1. The van der Waals surface area contributed by atoms with Crippen molar-refractivity contribution in [2.24, 2.45) is 10.7 Å². The summed E-state index contributed by atoms with van der Waals surface area (Å²) in [5.74, 6) is -3.79. The van der Waals surface area contributed by atoms with Gasteiger partial charge in [-0.1, -0.05) is 63.1 Å². The van der Waals surface area contributed by atoms with Crippen molar-refractivity contribution in [1.29, 1.82) is 0 Å². The summed E-state index contributed by atoms with van der Waals surface area (Å²) in [5.41, 5.74) is 9.27. The average Bonchev–Trinajstić information content (AvgIpc) is 3.54. The zero-order valence-corrected chi connectivity index (χ0v) is 30.2. The standard InChI is InChI=1S/C40H42N6O8/c1-3-5-9-17-45-22-42-28-13-10-14-29-33(28)35(45)24-20-46-31(34(24)43-29)19-26-25(37(46)49)21-53-39(52)40(26,4-2)54-32(47)16-15-30(38(50)51)44-36(48)27(41)18-23-11-7-6-8-12-23/h6-8,10-14,19,22,27,30H,3-5,9,15-18,20-21,41H2,1-2H3,(H,44,48)(H,50,51)/t27-,30+,40-/m0/s1. The van der Waals surface area contributed by atoms with Gasteiger partial charge in [-0.25, -0.2) is 19.6 Å². The van der Waals surface area contributed by atoms with Crippen LogP contribution in [0.2, 0.25) is 0 Å². The third-order valence-corrected chi connectivity index (χ3v) is 10.4. The highest BCUT2D eigenvalue weighted by molar-refractivity contribution is 6.11. The summed E-state index contributed by atoms with van der Waals surface area (Å²) in [4.78, 5) is 78.1. The van der Waals surface area contributed by atoms with Crippen LogP contribution in [0.25, 0.3) is 22.3 Å². The third kappa shape index (κ3) is 6.50. The second-order valence-corrected chi connectivity index (χ2v) is 13.9. The van der Waals surface area contributed by atoms with Gasteiger partial charge < -0.3 is 35.1 Å². The second kappa shape index (κ2) is 14.9. The van der Waals surface area contributed by atoms with E-state index in [0.717, 1.165) is 53.7 Å². The smallest absolute Gasteiger partial charge is 0.355 e. The topological polar surface area (TPSA) is 196 Å². The number of carboxylic acids is 1. The number of anilines is 1. The van der Waals surface area contributed by atoms with Crippen molar-refractivity contribution in [3.05, 3.63) is 87.2 Å². The number of hydrogen-bond donors (Lipinski definition) is 3. The number of nitrogens with one attached hydrogen (secondary N) is 1. The molecule has 5 heterocycles. The SMILES string of the molecule is CCCCCN1C=Nc2cccc3nc4c(c1c23)Cn1c-4cc2c(c1=O)COC(=O)[C@@]2(CC)OC(=O)CC[C@@H](NC(=O)[C@@H](N)Cc1ccccc1)C(=O)O. The third-order valence-electron chi connectivity index (χ3n) is 10.4. The van der Waals surface area contributed by atoms with Gasteiger partial charge in [-0.05, 0) is 49.4 Å². The maximum absolute atomic E-state index is 14.2. The van der Waals surface area contributed by atoms with Gasteiger partial charge in [-0.3, -0.25) is 14.4 Å². The van der Waals surface area contributed by atoms with Gasteiger partial charge in [0.15, 0.2) is 0 Å². The van der Waals surface area contributed by atoms with E-state index in [1.54, 1.807) is 41.8 Å². The summed E-state index contributed by atoms with van der Waals surface area (Å²) >= 11 is 0. The fourth-order valence-corrected chi connectivity index (χ4v) is 7.57. The number of aromatic nitrogens is 2. The largest absolute Gasteiger partial charge is 0.480 e. The van der Waals surface area contributed by atoms with Crippen molar-refractivity contribution in [3.8, 4) is 11.4 Å². The molecule has 0 fully saturated rings. The first-order valence-corrected chi connectivity index (χ1v) is 18.3. The van der Waals surface area contributed by atoms with Crippen LogP contribution in [0.3, 0.4) is 0 Å². The Kier molecular flexibility index (Phi) is 10.0. The lowest BCUT2D eigenvalue weighted by atomic mass is 9.85. The van der Waals surface area contributed by atoms with Crippen LogP contribution in [-0.4, -0.2) is 63.4 Å². The summed E-state index contributed by atoms with van der Waals surface area (Å²) in [7, 11) is 0. The van der Waals surface area contributed by atoms with Crippen molar-refractivity contribution < 1.29 is 33.8 Å². The molecular weight excluding hydrogens is 692 g/mol. The monoisotopic (exact) mass is 734 g/mol. The maximum Gasteiger partial charge on any atom is 0.355 e. The van der Waals surface area contributed by atoms with Gasteiger partial charge in [0.25, 0.3) is 5.56 Å². The molecule has 3 aliphatic rings. The highest BCUT2D eigenvalue weighted by atomic mass is 16.6. The number of cyclic esters (lactones) is 1. The molecule has 4 N–H and O–H groups in total. The van der Waals surface area contributed by atoms with E-state index in [-0.39, 0.29) is 49.1 Å². The number of hydrogen-bond acceptors (Lipinski definition) is 11. The zero-order valence-electron chi connectivity index (χ0n) is 30.2. The number of aliphatic imine (C=N–C) groups is 1. The molecule has 0 bridgehead atoms. The number of carbonyl (C=O) groups is 4. The number of nitrogens with two attached hydrogens (primary N) is 1. The molecular formula is C40H42N6O8. The van der Waals surface area contributed by atoms with E-state index in [1.165, 1.54) is 0 Å². The minimum atomic E-state index is -1.97. The Morgan fingerprint density at radius 2 is 1.87 bits per heavy atom. The van der Waals surface area contributed by atoms with E-state index < -0.39 is 47.9 Å². The number of ether oxygens (including phenoxy) is 2. The Hall–Kier alpha value is -5.89. The van der Waals surface area contributed by atoms with Gasteiger partial charge in [-0.15, -0.1) is 0 Å². The molecule has 0 aliphatic carbocycles. The Morgan fingerprint density at radius 1 is 1.07 bits per heavy atom. The van der Waals surface area contributed by atoms with Crippen LogP contribution in [-0.2, 0) is 53.8 Å². The summed E-state index contributed by atoms with van der Waals surface area (Å²) in [6.45, 7) is 4.46. The number of fused-ring (bicyclic) bond motifs is 5. The molecule has 4 aromatic rings. The molecule has 0 unspecified atom stereocenters. The maximum atomic E-state index is 14.2. The molecule has 0 radical (unpaired) electrons. The molecule has 54 heavy (non-hydrogen) atoms. The molecule has 2 aromatic heterocycles. The lowest BCUT2D eigenvalue weighted by Crippen LogP contribution is -2.50. The lowest BCUT2D eigenvalue weighted by molar-refractivity contribution is -0.189. The van der Waals surface area contributed by atoms with Gasteiger partial charge in [0.2, 0.25) is 11.5 Å². The van der Waals surface area contributed by atoms with E-state index in [1.807, 2.05) is 30.6 Å². The van der Waals surface area contributed by atoms with Crippen molar-refractivity contribution in [2.45, 2.75) is 89.6 Å². The van der Waals surface area contributed by atoms with E-state index in [2.05, 4.69) is 17.1 Å². The van der Waals surface area contributed by atoms with Crippen LogP contribution < -0.4 is 21.5 Å². The lowest BCUT2D eigenvalue weighted by Gasteiger charge is -2.35. The van der Waals surface area contributed by atoms with Crippen molar-refractivity contribution in [2.75, 3.05) is 11.4 Å². The first-order chi connectivity index (χ1) is 26.1. The van der Waals surface area contributed by atoms with Gasteiger partial charge in [-0.2, -0.15) is 0 Å². The quantitative estimate of drug-likeness (QED) is 0.109. The number of rotatable bonds is 14. The van der Waals surface area contributed by atoms with Gasteiger partial charge in [0.1, 0.15) is 12.6 Å². The summed E-state index contributed by atoms with van der Waals surface area (Å²) in [6.07, 6.45) is 4.23. The van der Waals surface area contributed by atoms with Crippen LogP contribution in [0.15, 0.2) is 64.4 Å². The first-order valence-electron chi connectivity index (χ1n) is 18.3. The fraction of sp³-hybridized carbons (Fsp3) is 0.375. The zero-order chi connectivity index (χ0) is 38.1. The number of benzene rings is 2. The average molecular weight is 735 g/mol. The molecule has 280 valence electrons. The fourth-order valence-electron chi connectivity index (χ4n) is 7.57. The number of carboxylic acid groups (broad SMARTS) is 1. The molecule has 2 aromatic carbocycles. The van der Waals surface area contributed by atoms with Gasteiger partial charge >= 0.3 is 17.9 Å². The molecule has 3 aliphatic heterocycles. The summed E-state index contributed by atoms with van der Waals surface area (Å²) in [5, 5.41) is 13.2. The number of esters is 2. The molecule has 3 atom stereocenters. The molecule has 14 heteroatoms. The number of carbonyl (C=O) groups excluding carboxylic acids is 3. The van der Waals surface area contributed by atoms with E-state index in [0.29, 0.717) is 16.9 Å². The molecule has 0 saturated carbocycles. The predicted octanol–water partition coefficient (Wildman–Crippen LogP) is 4.22. The summed E-state index contributed by atoms with van der Waals surface area (Å²) in [6, 6.07) is 14.0. The number of unbranched alkanes of at least 4 members (excludes halogenated alkanes) is 2. The predicted molar refractivity (Wildman–Crippen MR) is 200 cm³/mol. The van der Waals surface area contributed by atoms with Crippen molar-refractivity contribution in [1.82, 2.24) is 14.9 Å². The van der Waals surface area contributed by atoms with Crippen LogP contribution >= 0.6 is 0 Å². The molecule has 14 nitrogen and oxygen atoms in total. The molecule has 7 rings (SSSR count). The first kappa shape index (κ1) is 36.5. The normalized spacial score (nSPS) is 17.6. The van der Waals surface area contributed by atoms with Crippen LogP contribution in [0.5, 0.6) is 0 Å². The second-order valence-electron chi connectivity index (χ2n) is 13.9. The van der Waals surface area contributed by atoms with E-state index in [9.17, 15) is 29.1 Å². The number of nitrogens with zero attached hydrogens (tertiary/aromatic N) is 4. The Bertz CT molecular complexity index is 2250. The molecule has 0 saturated heterocycles. The molecule has 0 spiro atoms. The van der Waals surface area contributed by atoms with Crippen LogP contribution in [0.1, 0.15) is 74.6 Å².